The molecule has 1 fully saturated rings. The van der Waals surface area contributed by atoms with E-state index in [0.29, 0.717) is 0 Å². The average molecular weight is 270 g/mol. The quantitative estimate of drug-likeness (QED) is 0.841. The molecule has 104 valence electrons. The number of amides is 1. The lowest BCUT2D eigenvalue weighted by atomic mass is 10.1. The van der Waals surface area contributed by atoms with Crippen molar-refractivity contribution in [1.29, 1.82) is 0 Å². The van der Waals surface area contributed by atoms with Crippen LogP contribution < -0.4 is 11.1 Å². The number of aromatic nitrogens is 2. The molecule has 5 nitrogen and oxygen atoms in total. The molecular formula is C15H18N4O. The van der Waals surface area contributed by atoms with Gasteiger partial charge in [0.05, 0.1) is 11.9 Å². The lowest BCUT2D eigenvalue weighted by Crippen LogP contribution is -2.18. The van der Waals surface area contributed by atoms with E-state index in [0.717, 1.165) is 18.2 Å². The average Bonchev–Trinajstić information content (AvgIpc) is 3.18. The van der Waals surface area contributed by atoms with E-state index in [2.05, 4.69) is 34.7 Å². The van der Waals surface area contributed by atoms with Gasteiger partial charge >= 0.3 is 0 Å². The van der Waals surface area contributed by atoms with Crippen LogP contribution in [0, 0.1) is 0 Å². The Kier molecular flexibility index (Phi) is 3.41. The number of rotatable bonds is 6. The molecule has 0 radical (unpaired) electrons. The number of nitrogens with zero attached hydrogens (tertiary/aromatic N) is 2. The van der Waals surface area contributed by atoms with Gasteiger partial charge in [-0.2, -0.15) is 5.10 Å². The Morgan fingerprint density at radius 2 is 2.30 bits per heavy atom. The number of nitrogens with two attached hydrogens (primary N) is 1. The maximum Gasteiger partial charge on any atom is 0.239 e. The maximum absolute atomic E-state index is 10.8. The predicted molar refractivity (Wildman–Crippen MR) is 77.2 cm³/mol. The molecule has 0 atom stereocenters. The molecule has 5 heteroatoms. The molecule has 20 heavy (non-hydrogen) atoms. The second-order valence-electron chi connectivity index (χ2n) is 5.27. The van der Waals surface area contributed by atoms with E-state index in [4.69, 9.17) is 5.73 Å². The van der Waals surface area contributed by atoms with Crippen LogP contribution in [0.2, 0.25) is 0 Å². The van der Waals surface area contributed by atoms with Crippen molar-refractivity contribution < 1.29 is 4.79 Å². The van der Waals surface area contributed by atoms with E-state index in [1.807, 2.05) is 0 Å². The van der Waals surface area contributed by atoms with Gasteiger partial charge in [-0.3, -0.25) is 9.48 Å². The molecule has 1 heterocycles. The van der Waals surface area contributed by atoms with Crippen molar-refractivity contribution in [2.45, 2.75) is 31.8 Å². The minimum atomic E-state index is -0.392. The molecule has 0 unspecified atom stereocenters. The highest BCUT2D eigenvalue weighted by atomic mass is 16.1. The fourth-order valence-electron chi connectivity index (χ4n) is 2.28. The zero-order valence-corrected chi connectivity index (χ0v) is 11.2. The van der Waals surface area contributed by atoms with Crippen molar-refractivity contribution in [3.63, 3.8) is 0 Å². The first-order chi connectivity index (χ1) is 9.70. The van der Waals surface area contributed by atoms with Crippen LogP contribution >= 0.6 is 0 Å². The largest absolute Gasteiger partial charge is 0.378 e. The van der Waals surface area contributed by atoms with Crippen LogP contribution in [-0.2, 0) is 17.9 Å². The molecular weight excluding hydrogens is 252 g/mol. The summed E-state index contributed by atoms with van der Waals surface area (Å²) in [5.74, 6) is 0.380. The van der Waals surface area contributed by atoms with Gasteiger partial charge in [-0.15, -0.1) is 0 Å². The summed E-state index contributed by atoms with van der Waals surface area (Å²) in [6.45, 7) is 0.863. The molecule has 1 aliphatic carbocycles. The molecule has 3 N–H and O–H groups in total. The minimum Gasteiger partial charge on any atom is -0.378 e. The number of anilines is 1. The number of carbonyl (C=O) groups excluding carboxylic acids is 1. The Bertz CT molecular complexity index is 616. The van der Waals surface area contributed by atoms with Crippen molar-refractivity contribution >= 4 is 11.6 Å². The Hall–Kier alpha value is -2.30. The molecule has 1 aliphatic rings. The van der Waals surface area contributed by atoms with Gasteiger partial charge in [0, 0.05) is 12.7 Å². The Balaban J connectivity index is 1.59. The van der Waals surface area contributed by atoms with Gasteiger partial charge < -0.3 is 11.1 Å². The smallest absolute Gasteiger partial charge is 0.239 e. The van der Waals surface area contributed by atoms with Crippen molar-refractivity contribution in [2.24, 2.45) is 5.73 Å². The van der Waals surface area contributed by atoms with E-state index in [-0.39, 0.29) is 6.54 Å². The molecule has 1 saturated carbocycles. The third kappa shape index (κ3) is 3.17. The lowest BCUT2D eigenvalue weighted by molar-refractivity contribution is -0.118. The van der Waals surface area contributed by atoms with Crippen molar-refractivity contribution in [2.75, 3.05) is 5.32 Å². The molecule has 1 aromatic carbocycles. The van der Waals surface area contributed by atoms with Crippen LogP contribution in [0.4, 0.5) is 5.69 Å². The molecule has 0 bridgehead atoms. The molecule has 0 aliphatic heterocycles. The fourth-order valence-corrected chi connectivity index (χ4v) is 2.28. The molecule has 1 amide bonds. The summed E-state index contributed by atoms with van der Waals surface area (Å²) in [4.78, 5) is 10.8. The van der Waals surface area contributed by atoms with Gasteiger partial charge in [0.15, 0.2) is 0 Å². The van der Waals surface area contributed by atoms with Gasteiger partial charge in [-0.25, -0.2) is 0 Å². The molecule has 1 aromatic heterocycles. The predicted octanol–water partition coefficient (Wildman–Crippen LogP) is 1.86. The normalized spacial score (nSPS) is 14.2. The first kappa shape index (κ1) is 12.7. The number of benzene rings is 1. The number of carbonyl (C=O) groups is 1. The first-order valence-electron chi connectivity index (χ1n) is 6.84. The van der Waals surface area contributed by atoms with Gasteiger partial charge in [0.2, 0.25) is 5.91 Å². The number of nitrogens with one attached hydrogen (secondary N) is 1. The van der Waals surface area contributed by atoms with Crippen LogP contribution in [0.5, 0.6) is 0 Å². The summed E-state index contributed by atoms with van der Waals surface area (Å²) in [6, 6.07) is 8.69. The highest BCUT2D eigenvalue weighted by Crippen LogP contribution is 2.40. The highest BCUT2D eigenvalue weighted by molar-refractivity contribution is 5.73. The van der Waals surface area contributed by atoms with E-state index >= 15 is 0 Å². The highest BCUT2D eigenvalue weighted by Gasteiger charge is 2.23. The number of hydrogen-bond acceptors (Lipinski definition) is 3. The third-order valence-corrected chi connectivity index (χ3v) is 3.45. The summed E-state index contributed by atoms with van der Waals surface area (Å²) in [5.41, 5.74) is 8.72. The third-order valence-electron chi connectivity index (χ3n) is 3.45. The topological polar surface area (TPSA) is 72.9 Å². The van der Waals surface area contributed by atoms with Crippen molar-refractivity contribution in [1.82, 2.24) is 9.78 Å². The number of primary amides is 1. The van der Waals surface area contributed by atoms with E-state index in [1.165, 1.54) is 28.7 Å². The molecule has 0 spiro atoms. The van der Waals surface area contributed by atoms with Crippen molar-refractivity contribution in [3.8, 4) is 0 Å². The first-order valence-corrected chi connectivity index (χ1v) is 6.84. The lowest BCUT2D eigenvalue weighted by Gasteiger charge is -2.06. The minimum absolute atomic E-state index is 0.110. The summed E-state index contributed by atoms with van der Waals surface area (Å²) >= 11 is 0. The summed E-state index contributed by atoms with van der Waals surface area (Å²) in [6.07, 6.45) is 6.12. The zero-order valence-electron chi connectivity index (χ0n) is 11.2. The van der Waals surface area contributed by atoms with Gasteiger partial charge in [-0.05, 0) is 29.9 Å². The summed E-state index contributed by atoms with van der Waals surface area (Å²) < 4.78 is 1.53. The van der Waals surface area contributed by atoms with E-state index < -0.39 is 5.91 Å². The van der Waals surface area contributed by atoms with E-state index in [9.17, 15) is 4.79 Å². The van der Waals surface area contributed by atoms with Crippen LogP contribution in [0.15, 0.2) is 36.7 Å². The van der Waals surface area contributed by atoms with Crippen LogP contribution in [0.1, 0.15) is 29.9 Å². The second kappa shape index (κ2) is 5.36. The molecule has 0 saturated heterocycles. The molecule has 3 rings (SSSR count). The molecule has 2 aromatic rings. The standard InChI is InChI=1S/C15H18N4O/c16-15(20)10-19-9-14(8-18-19)17-7-11-2-1-3-13(6-11)12-4-5-12/h1-3,6,8-9,12,17H,4-5,7,10H2,(H2,16,20). The summed E-state index contributed by atoms with van der Waals surface area (Å²) in [5, 5.41) is 7.38. The summed E-state index contributed by atoms with van der Waals surface area (Å²) in [7, 11) is 0. The Morgan fingerprint density at radius 3 is 3.05 bits per heavy atom. The van der Waals surface area contributed by atoms with Gasteiger partial charge in [-0.1, -0.05) is 24.3 Å². The second-order valence-corrected chi connectivity index (χ2v) is 5.27. The Labute approximate surface area is 117 Å². The Morgan fingerprint density at radius 1 is 1.45 bits per heavy atom. The fraction of sp³-hybridized carbons (Fsp3) is 0.333. The monoisotopic (exact) mass is 270 g/mol. The SMILES string of the molecule is NC(=O)Cn1cc(NCc2cccc(C3CC3)c2)cn1. The van der Waals surface area contributed by atoms with Gasteiger partial charge in [0.25, 0.3) is 0 Å². The van der Waals surface area contributed by atoms with Gasteiger partial charge in [0.1, 0.15) is 6.54 Å². The van der Waals surface area contributed by atoms with Crippen LogP contribution in [-0.4, -0.2) is 15.7 Å². The van der Waals surface area contributed by atoms with Crippen molar-refractivity contribution in [3.05, 3.63) is 47.8 Å². The zero-order chi connectivity index (χ0) is 13.9. The number of hydrogen-bond donors (Lipinski definition) is 2. The van der Waals surface area contributed by atoms with E-state index in [1.54, 1.807) is 12.4 Å². The van der Waals surface area contributed by atoms with Crippen LogP contribution in [0.25, 0.3) is 0 Å². The van der Waals surface area contributed by atoms with Crippen LogP contribution in [0.3, 0.4) is 0 Å². The maximum atomic E-state index is 10.8.